The second-order valence-corrected chi connectivity index (χ2v) is 13.2. The quantitative estimate of drug-likeness (QED) is 0.319. The number of para-hydroxylation sites is 1. The Morgan fingerprint density at radius 2 is 1.76 bits per heavy atom. The largest absolute Gasteiger partial charge is 0.479 e. The van der Waals surface area contributed by atoms with Crippen molar-refractivity contribution in [2.75, 3.05) is 11.9 Å². The molecule has 1 saturated carbocycles. The van der Waals surface area contributed by atoms with E-state index >= 15 is 0 Å². The zero-order chi connectivity index (χ0) is 31.8. The molecule has 2 aromatic carbocycles. The summed E-state index contributed by atoms with van der Waals surface area (Å²) < 4.78 is 46.6. The molecule has 0 radical (unpaired) electrons. The first-order valence-electron chi connectivity index (χ1n) is 15.4. The van der Waals surface area contributed by atoms with Crippen LogP contribution >= 0.6 is 11.3 Å². The number of carboxylic acid groups (broad SMARTS) is 1. The van der Waals surface area contributed by atoms with E-state index in [1.165, 1.54) is 28.4 Å². The third kappa shape index (κ3) is 6.73. The number of fused-ring (bicyclic) bond motifs is 3. The predicted molar refractivity (Wildman–Crippen MR) is 162 cm³/mol. The van der Waals surface area contributed by atoms with E-state index in [-0.39, 0.29) is 18.9 Å². The molecule has 0 spiro atoms. The van der Waals surface area contributed by atoms with Gasteiger partial charge in [-0.2, -0.15) is 13.2 Å². The molecule has 2 saturated heterocycles. The van der Waals surface area contributed by atoms with Crippen LogP contribution in [0.2, 0.25) is 0 Å². The van der Waals surface area contributed by atoms with Crippen LogP contribution in [0.5, 0.6) is 5.19 Å². The highest BCUT2D eigenvalue weighted by Gasteiger charge is 2.62. The molecule has 3 aliphatic rings. The van der Waals surface area contributed by atoms with Crippen LogP contribution in [0.4, 0.5) is 18.9 Å². The summed E-state index contributed by atoms with van der Waals surface area (Å²) in [5.74, 6) is -2.19. The lowest BCUT2D eigenvalue weighted by atomic mass is 10.0. The lowest BCUT2D eigenvalue weighted by molar-refractivity contribution is -0.145. The summed E-state index contributed by atoms with van der Waals surface area (Å²) in [6.45, 7) is 0.0710. The van der Waals surface area contributed by atoms with Gasteiger partial charge in [0, 0.05) is 12.1 Å². The van der Waals surface area contributed by atoms with Crippen molar-refractivity contribution in [1.82, 2.24) is 15.2 Å². The number of nitrogens with zero attached hydrogens (tertiary/aromatic N) is 2. The van der Waals surface area contributed by atoms with E-state index in [4.69, 9.17) is 4.74 Å². The van der Waals surface area contributed by atoms with Crippen molar-refractivity contribution in [2.24, 2.45) is 5.92 Å². The molecule has 240 valence electrons. The number of alkyl halides is 3. The average Bonchev–Trinajstić information content (AvgIpc) is 3.31. The Morgan fingerprint density at radius 1 is 1.04 bits per heavy atom. The minimum atomic E-state index is -4.49. The smallest absolute Gasteiger partial charge is 0.416 e. The Balaban J connectivity index is 1.27. The van der Waals surface area contributed by atoms with E-state index in [0.29, 0.717) is 36.6 Å². The maximum Gasteiger partial charge on any atom is 0.416 e. The lowest BCUT2D eigenvalue weighted by Gasteiger charge is -2.30. The van der Waals surface area contributed by atoms with Gasteiger partial charge in [0.1, 0.15) is 23.7 Å². The summed E-state index contributed by atoms with van der Waals surface area (Å²) in [5, 5.41) is 16.4. The van der Waals surface area contributed by atoms with Crippen molar-refractivity contribution in [3.8, 4) is 5.19 Å². The highest BCUT2D eigenvalue weighted by molar-refractivity contribution is 7.20. The summed E-state index contributed by atoms with van der Waals surface area (Å²) in [6, 6.07) is 10.3. The molecular formula is C32H35F3N4O5S. The van der Waals surface area contributed by atoms with Crippen LogP contribution in [0.25, 0.3) is 10.2 Å². The minimum absolute atomic E-state index is 0.0710. The Labute approximate surface area is 262 Å². The number of ether oxygens (including phenoxy) is 1. The first-order valence-corrected chi connectivity index (χ1v) is 16.2. The third-order valence-corrected chi connectivity index (χ3v) is 10.0. The van der Waals surface area contributed by atoms with Crippen LogP contribution in [0, 0.1) is 5.92 Å². The van der Waals surface area contributed by atoms with E-state index in [1.54, 1.807) is 0 Å². The maximum atomic E-state index is 14.2. The molecule has 3 aromatic rings. The Kier molecular flexibility index (Phi) is 8.64. The van der Waals surface area contributed by atoms with E-state index in [9.17, 15) is 32.7 Å². The van der Waals surface area contributed by atoms with Gasteiger partial charge in [-0.15, -0.1) is 0 Å². The SMILES string of the molecule is O=C1N[C@]2(C(=O)O)C[C@H]2CCCCCCC[C@H](Nc2ccc(C(F)(F)F)cc2)C(=O)N2C[C@H](Oc3nc4ccccc4s3)C[C@@H]12. The van der Waals surface area contributed by atoms with Crippen LogP contribution in [0.15, 0.2) is 48.5 Å². The van der Waals surface area contributed by atoms with Gasteiger partial charge in [-0.25, -0.2) is 9.78 Å². The first kappa shape index (κ1) is 31.1. The zero-order valence-electron chi connectivity index (χ0n) is 24.5. The summed E-state index contributed by atoms with van der Waals surface area (Å²) in [6.07, 6.45) is 0.729. The summed E-state index contributed by atoms with van der Waals surface area (Å²) >= 11 is 1.35. The molecule has 3 heterocycles. The molecule has 6 rings (SSSR count). The molecule has 0 bridgehead atoms. The molecule has 45 heavy (non-hydrogen) atoms. The molecule has 2 amide bonds. The van der Waals surface area contributed by atoms with Gasteiger partial charge in [0.15, 0.2) is 0 Å². The fourth-order valence-corrected chi connectivity index (χ4v) is 7.43. The highest BCUT2D eigenvalue weighted by atomic mass is 32.1. The third-order valence-electron chi connectivity index (χ3n) is 9.12. The number of aromatic nitrogens is 1. The molecule has 1 aliphatic carbocycles. The number of carbonyl (C=O) groups is 3. The predicted octanol–water partition coefficient (Wildman–Crippen LogP) is 5.85. The van der Waals surface area contributed by atoms with Gasteiger partial charge < -0.3 is 25.4 Å². The number of hydrogen-bond acceptors (Lipinski definition) is 7. The molecule has 13 heteroatoms. The van der Waals surface area contributed by atoms with Crippen molar-refractivity contribution in [2.45, 2.75) is 87.7 Å². The van der Waals surface area contributed by atoms with Gasteiger partial charge in [-0.3, -0.25) is 9.59 Å². The van der Waals surface area contributed by atoms with Crippen molar-refractivity contribution < 1.29 is 37.4 Å². The number of nitrogens with one attached hydrogen (secondary N) is 2. The van der Waals surface area contributed by atoms with Gasteiger partial charge in [0.2, 0.25) is 11.8 Å². The molecular weight excluding hydrogens is 609 g/mol. The zero-order valence-corrected chi connectivity index (χ0v) is 25.3. The standard InChI is InChI=1S/C32H35F3N4O5S/c33-32(34,35)19-12-14-21(15-13-19)36-24-10-5-3-1-2-4-8-20-17-31(20,29(42)43)38-27(40)25-16-22(18-39(25)28(24)41)44-30-37-23-9-6-7-11-26(23)45-30/h6-7,9,11-15,20,22,24-25,36H,1-5,8,10,16-18H2,(H,38,40)(H,42,43)/t20-,22-,24+,25+,31-/m1/s1. The topological polar surface area (TPSA) is 121 Å². The number of amides is 2. The van der Waals surface area contributed by atoms with Gasteiger partial charge >= 0.3 is 12.1 Å². The summed E-state index contributed by atoms with van der Waals surface area (Å²) in [5.41, 5.74) is -1.02. The highest BCUT2D eigenvalue weighted by Crippen LogP contribution is 2.47. The minimum Gasteiger partial charge on any atom is -0.479 e. The fraction of sp³-hybridized carbons (Fsp3) is 0.500. The lowest BCUT2D eigenvalue weighted by Crippen LogP contribution is -2.55. The van der Waals surface area contributed by atoms with Crippen LogP contribution < -0.4 is 15.4 Å². The number of rotatable bonds is 5. The monoisotopic (exact) mass is 644 g/mol. The summed E-state index contributed by atoms with van der Waals surface area (Å²) in [4.78, 5) is 46.3. The second kappa shape index (κ2) is 12.5. The Hall–Kier alpha value is -3.87. The number of aliphatic carboxylic acids is 1. The number of halogens is 3. The second-order valence-electron chi connectivity index (χ2n) is 12.2. The Bertz CT molecular complexity index is 1530. The molecule has 9 nitrogen and oxygen atoms in total. The molecule has 1 aromatic heterocycles. The number of benzene rings is 2. The van der Waals surface area contributed by atoms with Crippen LogP contribution in [-0.4, -0.2) is 63.0 Å². The normalized spacial score (nSPS) is 27.9. The van der Waals surface area contributed by atoms with Gasteiger partial charge in [-0.05, 0) is 61.6 Å². The van der Waals surface area contributed by atoms with Crippen LogP contribution in [-0.2, 0) is 20.6 Å². The fourth-order valence-electron chi connectivity index (χ4n) is 6.55. The van der Waals surface area contributed by atoms with Crippen LogP contribution in [0.1, 0.15) is 63.4 Å². The Morgan fingerprint density at radius 3 is 2.47 bits per heavy atom. The summed E-state index contributed by atoms with van der Waals surface area (Å²) in [7, 11) is 0. The average molecular weight is 645 g/mol. The molecule has 0 unspecified atom stereocenters. The van der Waals surface area contributed by atoms with Crippen molar-refractivity contribution in [3.05, 3.63) is 54.1 Å². The number of anilines is 1. The van der Waals surface area contributed by atoms with Crippen molar-refractivity contribution >= 4 is 45.0 Å². The maximum absolute atomic E-state index is 14.2. The first-order chi connectivity index (χ1) is 21.5. The van der Waals surface area contributed by atoms with Gasteiger partial charge in [0.05, 0.1) is 22.3 Å². The van der Waals surface area contributed by atoms with E-state index < -0.39 is 53.2 Å². The van der Waals surface area contributed by atoms with Crippen molar-refractivity contribution in [1.29, 1.82) is 0 Å². The molecule has 3 N–H and O–H groups in total. The number of thiazole rings is 1. The molecule has 3 fully saturated rings. The number of carbonyl (C=O) groups excluding carboxylic acids is 2. The van der Waals surface area contributed by atoms with E-state index in [2.05, 4.69) is 15.6 Å². The molecule has 2 aliphatic heterocycles. The van der Waals surface area contributed by atoms with Crippen molar-refractivity contribution in [3.63, 3.8) is 0 Å². The van der Waals surface area contributed by atoms with Gasteiger partial charge in [0.25, 0.3) is 5.19 Å². The number of hydrogen-bond donors (Lipinski definition) is 3. The van der Waals surface area contributed by atoms with Gasteiger partial charge in [-0.1, -0.05) is 55.6 Å². The van der Waals surface area contributed by atoms with E-state index in [0.717, 1.165) is 48.0 Å². The molecule has 5 atom stereocenters. The van der Waals surface area contributed by atoms with Crippen LogP contribution in [0.3, 0.4) is 0 Å². The number of carboxylic acids is 1. The van der Waals surface area contributed by atoms with E-state index in [1.807, 2.05) is 24.3 Å².